The highest BCUT2D eigenvalue weighted by Gasteiger charge is 2.17. The van der Waals surface area contributed by atoms with Crippen molar-refractivity contribution in [1.29, 1.82) is 5.26 Å². The van der Waals surface area contributed by atoms with Crippen LogP contribution in [0.4, 0.5) is 0 Å². The fourth-order valence-corrected chi connectivity index (χ4v) is 1.36. The van der Waals surface area contributed by atoms with Crippen LogP contribution in [0.1, 0.15) is 33.9 Å². The van der Waals surface area contributed by atoms with Crippen molar-refractivity contribution in [2.45, 2.75) is 27.2 Å². The Morgan fingerprint density at radius 2 is 2.00 bits per heavy atom. The highest BCUT2D eigenvalue weighted by molar-refractivity contribution is 5.99. The maximum absolute atomic E-state index is 11.4. The maximum atomic E-state index is 11.4. The first-order valence-electron chi connectivity index (χ1n) is 4.04. The highest BCUT2D eigenvalue weighted by Crippen LogP contribution is 2.21. The Hall–Kier alpha value is -1.56. The van der Waals surface area contributed by atoms with E-state index in [2.05, 4.69) is 0 Å². The summed E-state index contributed by atoms with van der Waals surface area (Å²) in [4.78, 5) is 11.4. The molecule has 0 aliphatic rings. The van der Waals surface area contributed by atoms with E-state index in [0.717, 1.165) is 11.3 Å². The summed E-state index contributed by atoms with van der Waals surface area (Å²) in [6.07, 6.45) is -0.0827. The lowest BCUT2D eigenvalue weighted by molar-refractivity contribution is 0.0996. The Balaban J connectivity index is 3.15. The molecule has 0 unspecified atom stereocenters. The van der Waals surface area contributed by atoms with Gasteiger partial charge in [-0.2, -0.15) is 5.26 Å². The SMILES string of the molecule is Cc1oc(C)c(C(=O)CC#N)c1C. The van der Waals surface area contributed by atoms with Gasteiger partial charge < -0.3 is 4.42 Å². The molecular formula is C10H11NO2. The van der Waals surface area contributed by atoms with Crippen LogP contribution in [-0.2, 0) is 0 Å². The lowest BCUT2D eigenvalue weighted by Gasteiger charge is -1.94. The third-order valence-electron chi connectivity index (χ3n) is 2.08. The number of Topliss-reactive ketones (excluding diaryl/α,β-unsaturated/α-hetero) is 1. The Kier molecular flexibility index (Phi) is 2.52. The predicted octanol–water partition coefficient (Wildman–Crippen LogP) is 2.30. The van der Waals surface area contributed by atoms with Gasteiger partial charge in [0, 0.05) is 5.56 Å². The quantitative estimate of drug-likeness (QED) is 0.651. The number of ketones is 1. The maximum Gasteiger partial charge on any atom is 0.180 e. The van der Waals surface area contributed by atoms with Crippen LogP contribution in [0.3, 0.4) is 0 Å². The topological polar surface area (TPSA) is 54.0 Å². The summed E-state index contributed by atoms with van der Waals surface area (Å²) in [6, 6.07) is 1.84. The number of furan rings is 1. The Morgan fingerprint density at radius 3 is 2.38 bits per heavy atom. The molecule has 1 aromatic rings. The van der Waals surface area contributed by atoms with Gasteiger partial charge in [-0.05, 0) is 20.8 Å². The highest BCUT2D eigenvalue weighted by atomic mass is 16.3. The van der Waals surface area contributed by atoms with Gasteiger partial charge in [0.05, 0.1) is 18.1 Å². The second kappa shape index (κ2) is 3.44. The van der Waals surface area contributed by atoms with E-state index in [1.165, 1.54) is 0 Å². The molecule has 68 valence electrons. The van der Waals surface area contributed by atoms with Gasteiger partial charge in [0.1, 0.15) is 11.5 Å². The number of aryl methyl sites for hydroxylation is 2. The van der Waals surface area contributed by atoms with E-state index < -0.39 is 0 Å². The van der Waals surface area contributed by atoms with Crippen LogP contribution in [-0.4, -0.2) is 5.78 Å². The molecule has 3 heteroatoms. The van der Waals surface area contributed by atoms with Crippen molar-refractivity contribution in [3.05, 3.63) is 22.6 Å². The first kappa shape index (κ1) is 9.53. The molecule has 3 nitrogen and oxygen atoms in total. The van der Waals surface area contributed by atoms with E-state index in [-0.39, 0.29) is 12.2 Å². The zero-order valence-corrected chi connectivity index (χ0v) is 7.97. The fraction of sp³-hybridized carbons (Fsp3) is 0.400. The molecule has 13 heavy (non-hydrogen) atoms. The number of nitrogens with zero attached hydrogens (tertiary/aromatic N) is 1. The van der Waals surface area contributed by atoms with Gasteiger partial charge in [0.2, 0.25) is 0 Å². The molecule has 0 atom stereocenters. The van der Waals surface area contributed by atoms with Crippen LogP contribution >= 0.6 is 0 Å². The standard InChI is InChI=1S/C10H11NO2/c1-6-7(2)13-8(3)10(6)9(12)4-5-11/h4H2,1-3H3. The van der Waals surface area contributed by atoms with E-state index >= 15 is 0 Å². The van der Waals surface area contributed by atoms with E-state index in [4.69, 9.17) is 9.68 Å². The van der Waals surface area contributed by atoms with Crippen molar-refractivity contribution in [2.24, 2.45) is 0 Å². The largest absolute Gasteiger partial charge is 0.466 e. The molecule has 0 spiro atoms. The van der Waals surface area contributed by atoms with Crippen LogP contribution in [0.25, 0.3) is 0 Å². The van der Waals surface area contributed by atoms with E-state index in [9.17, 15) is 4.79 Å². The van der Waals surface area contributed by atoms with Gasteiger partial charge in [-0.1, -0.05) is 0 Å². The van der Waals surface area contributed by atoms with Gasteiger partial charge in [-0.25, -0.2) is 0 Å². The van der Waals surface area contributed by atoms with E-state index in [1.54, 1.807) is 6.92 Å². The third-order valence-corrected chi connectivity index (χ3v) is 2.08. The van der Waals surface area contributed by atoms with Crippen LogP contribution in [0.15, 0.2) is 4.42 Å². The summed E-state index contributed by atoms with van der Waals surface area (Å²) in [6.45, 7) is 5.38. The van der Waals surface area contributed by atoms with Crippen molar-refractivity contribution in [3.63, 3.8) is 0 Å². The average molecular weight is 177 g/mol. The Bertz CT molecular complexity index is 382. The lowest BCUT2D eigenvalue weighted by Crippen LogP contribution is -1.99. The number of carbonyl (C=O) groups is 1. The second-order valence-corrected chi connectivity index (χ2v) is 2.97. The lowest BCUT2D eigenvalue weighted by atomic mass is 10.0. The number of rotatable bonds is 2. The molecule has 0 amide bonds. The van der Waals surface area contributed by atoms with Crippen molar-refractivity contribution in [2.75, 3.05) is 0 Å². The molecule has 0 bridgehead atoms. The summed E-state index contributed by atoms with van der Waals surface area (Å²) in [5.74, 6) is 1.20. The van der Waals surface area contributed by atoms with Crippen molar-refractivity contribution < 1.29 is 9.21 Å². The zero-order chi connectivity index (χ0) is 10.0. The summed E-state index contributed by atoms with van der Waals surface area (Å²) in [5, 5.41) is 8.39. The third kappa shape index (κ3) is 1.62. The summed E-state index contributed by atoms with van der Waals surface area (Å²) < 4.78 is 5.28. The van der Waals surface area contributed by atoms with Crippen molar-refractivity contribution >= 4 is 5.78 Å². The molecule has 1 aromatic heterocycles. The van der Waals surface area contributed by atoms with Crippen LogP contribution < -0.4 is 0 Å². The molecule has 0 aliphatic heterocycles. The van der Waals surface area contributed by atoms with Crippen molar-refractivity contribution in [1.82, 2.24) is 0 Å². The van der Waals surface area contributed by atoms with Gasteiger partial charge in [0.25, 0.3) is 0 Å². The van der Waals surface area contributed by atoms with Crippen LogP contribution in [0, 0.1) is 32.1 Å². The van der Waals surface area contributed by atoms with E-state index in [0.29, 0.717) is 11.3 Å². The Labute approximate surface area is 77.0 Å². The molecule has 1 heterocycles. The minimum atomic E-state index is -0.158. The molecule has 0 N–H and O–H groups in total. The monoisotopic (exact) mass is 177 g/mol. The van der Waals surface area contributed by atoms with Gasteiger partial charge in [-0.15, -0.1) is 0 Å². The van der Waals surface area contributed by atoms with E-state index in [1.807, 2.05) is 19.9 Å². The fourth-order valence-electron chi connectivity index (χ4n) is 1.36. The molecule has 0 aromatic carbocycles. The number of carbonyl (C=O) groups excluding carboxylic acids is 1. The number of hydrogen-bond acceptors (Lipinski definition) is 3. The molecule has 0 aliphatic carbocycles. The minimum absolute atomic E-state index is 0.0827. The summed E-state index contributed by atoms with van der Waals surface area (Å²) in [5.41, 5.74) is 1.41. The van der Waals surface area contributed by atoms with Gasteiger partial charge in [-0.3, -0.25) is 4.79 Å². The van der Waals surface area contributed by atoms with Crippen LogP contribution in [0.5, 0.6) is 0 Å². The Morgan fingerprint density at radius 1 is 1.38 bits per heavy atom. The zero-order valence-electron chi connectivity index (χ0n) is 7.97. The molecule has 0 saturated carbocycles. The number of nitriles is 1. The summed E-state index contributed by atoms with van der Waals surface area (Å²) >= 11 is 0. The molecule has 0 fully saturated rings. The molecule has 1 rings (SSSR count). The minimum Gasteiger partial charge on any atom is -0.466 e. The number of hydrogen-bond donors (Lipinski definition) is 0. The first-order valence-corrected chi connectivity index (χ1v) is 4.04. The predicted molar refractivity (Wildman–Crippen MR) is 47.5 cm³/mol. The molecule has 0 saturated heterocycles. The summed E-state index contributed by atoms with van der Waals surface area (Å²) in [7, 11) is 0. The molecule has 0 radical (unpaired) electrons. The average Bonchev–Trinajstić information content (AvgIpc) is 2.27. The first-order chi connectivity index (χ1) is 6.07. The van der Waals surface area contributed by atoms with Crippen molar-refractivity contribution in [3.8, 4) is 6.07 Å². The normalized spacial score (nSPS) is 9.69. The second-order valence-electron chi connectivity index (χ2n) is 2.97. The van der Waals surface area contributed by atoms with Gasteiger partial charge in [0.15, 0.2) is 5.78 Å². The van der Waals surface area contributed by atoms with Crippen LogP contribution in [0.2, 0.25) is 0 Å². The van der Waals surface area contributed by atoms with Gasteiger partial charge >= 0.3 is 0 Å². The molecular weight excluding hydrogens is 166 g/mol. The smallest absolute Gasteiger partial charge is 0.180 e.